The summed E-state index contributed by atoms with van der Waals surface area (Å²) >= 11 is 0. The number of rotatable bonds is 8. The molecule has 1 unspecified atom stereocenters. The Balaban J connectivity index is 3.94. The van der Waals surface area contributed by atoms with Gasteiger partial charge in [-0.15, -0.1) is 0 Å². The minimum atomic E-state index is -0.542. The summed E-state index contributed by atoms with van der Waals surface area (Å²) in [6, 6.07) is 0. The second-order valence-electron chi connectivity index (χ2n) is 3.87. The maximum absolute atomic E-state index is 11.7. The average molecular weight is 232 g/mol. The van der Waals surface area contributed by atoms with Crippen LogP contribution in [0, 0.1) is 0 Å². The highest BCUT2D eigenvalue weighted by atomic mass is 16.5. The fraction of sp³-hybridized carbons (Fsp3) is 0.909. The van der Waals surface area contributed by atoms with Crippen molar-refractivity contribution in [1.82, 2.24) is 9.80 Å². The minimum absolute atomic E-state index is 0.0946. The molecule has 0 saturated carbocycles. The van der Waals surface area contributed by atoms with Gasteiger partial charge in [0.1, 0.15) is 0 Å². The van der Waals surface area contributed by atoms with E-state index in [9.17, 15) is 9.90 Å². The van der Waals surface area contributed by atoms with Crippen LogP contribution in [-0.4, -0.2) is 73.9 Å². The Labute approximate surface area is 98.0 Å². The number of hydrogen-bond acceptors (Lipinski definition) is 4. The molecule has 0 aromatic heterocycles. The first-order valence-corrected chi connectivity index (χ1v) is 5.68. The summed E-state index contributed by atoms with van der Waals surface area (Å²) in [6.07, 6.45) is -0.542. The SMILES string of the molecule is CCN(CC)C(=O)CN(C)CC(O)COC. The first kappa shape index (κ1) is 15.3. The maximum atomic E-state index is 11.7. The lowest BCUT2D eigenvalue weighted by molar-refractivity contribution is -0.132. The van der Waals surface area contributed by atoms with Gasteiger partial charge < -0.3 is 14.7 Å². The first-order valence-electron chi connectivity index (χ1n) is 5.68. The van der Waals surface area contributed by atoms with Gasteiger partial charge in [0.25, 0.3) is 0 Å². The van der Waals surface area contributed by atoms with E-state index in [0.29, 0.717) is 19.7 Å². The second-order valence-corrected chi connectivity index (χ2v) is 3.87. The number of methoxy groups -OCH3 is 1. The molecule has 1 N–H and O–H groups in total. The van der Waals surface area contributed by atoms with Crippen molar-refractivity contribution < 1.29 is 14.6 Å². The van der Waals surface area contributed by atoms with Gasteiger partial charge in [-0.1, -0.05) is 0 Å². The van der Waals surface area contributed by atoms with Crippen molar-refractivity contribution in [3.05, 3.63) is 0 Å². The Morgan fingerprint density at radius 1 is 1.38 bits per heavy atom. The van der Waals surface area contributed by atoms with Gasteiger partial charge in [-0.2, -0.15) is 0 Å². The third-order valence-electron chi connectivity index (χ3n) is 2.40. The van der Waals surface area contributed by atoms with Crippen molar-refractivity contribution in [2.45, 2.75) is 20.0 Å². The van der Waals surface area contributed by atoms with E-state index in [1.54, 1.807) is 12.0 Å². The number of carbonyl (C=O) groups excluding carboxylic acids is 1. The summed E-state index contributed by atoms with van der Waals surface area (Å²) in [5.41, 5.74) is 0. The van der Waals surface area contributed by atoms with Gasteiger partial charge >= 0.3 is 0 Å². The molecule has 5 heteroatoms. The van der Waals surface area contributed by atoms with E-state index in [-0.39, 0.29) is 5.91 Å². The molecule has 16 heavy (non-hydrogen) atoms. The minimum Gasteiger partial charge on any atom is -0.389 e. The third kappa shape index (κ3) is 6.05. The molecule has 0 aromatic rings. The number of carbonyl (C=O) groups is 1. The van der Waals surface area contributed by atoms with Crippen LogP contribution in [0.3, 0.4) is 0 Å². The van der Waals surface area contributed by atoms with E-state index < -0.39 is 6.10 Å². The monoisotopic (exact) mass is 232 g/mol. The van der Waals surface area contributed by atoms with Crippen LogP contribution < -0.4 is 0 Å². The molecule has 96 valence electrons. The maximum Gasteiger partial charge on any atom is 0.236 e. The molecule has 1 amide bonds. The van der Waals surface area contributed by atoms with Gasteiger partial charge in [0, 0.05) is 26.7 Å². The van der Waals surface area contributed by atoms with Crippen molar-refractivity contribution in [3.63, 3.8) is 0 Å². The highest BCUT2D eigenvalue weighted by molar-refractivity contribution is 5.78. The first-order chi connectivity index (χ1) is 7.54. The van der Waals surface area contributed by atoms with Crippen molar-refractivity contribution in [3.8, 4) is 0 Å². The summed E-state index contributed by atoms with van der Waals surface area (Å²) < 4.78 is 4.83. The zero-order valence-electron chi connectivity index (χ0n) is 10.8. The number of likely N-dealkylation sites (N-methyl/N-ethyl adjacent to an activating group) is 2. The van der Waals surface area contributed by atoms with Gasteiger partial charge in [0.05, 0.1) is 19.3 Å². The predicted octanol–water partition coefficient (Wildman–Crippen LogP) is -0.206. The molecule has 0 saturated heterocycles. The van der Waals surface area contributed by atoms with E-state index in [1.807, 2.05) is 25.8 Å². The molecule has 0 aliphatic carbocycles. The zero-order valence-corrected chi connectivity index (χ0v) is 10.8. The number of amides is 1. The van der Waals surface area contributed by atoms with E-state index >= 15 is 0 Å². The van der Waals surface area contributed by atoms with Gasteiger partial charge in [0.15, 0.2) is 0 Å². The quantitative estimate of drug-likeness (QED) is 0.629. The van der Waals surface area contributed by atoms with Crippen molar-refractivity contribution in [2.24, 2.45) is 0 Å². The van der Waals surface area contributed by atoms with E-state index in [4.69, 9.17) is 4.74 Å². The standard InChI is InChI=1S/C11H24N2O3/c1-5-13(6-2)11(15)8-12(3)7-10(14)9-16-4/h10,14H,5-9H2,1-4H3. The average Bonchev–Trinajstić information content (AvgIpc) is 2.19. The van der Waals surface area contributed by atoms with Gasteiger partial charge in [-0.05, 0) is 20.9 Å². The highest BCUT2D eigenvalue weighted by Gasteiger charge is 2.14. The largest absolute Gasteiger partial charge is 0.389 e. The van der Waals surface area contributed by atoms with Gasteiger partial charge in [-0.3, -0.25) is 9.69 Å². The number of aliphatic hydroxyl groups is 1. The van der Waals surface area contributed by atoms with Crippen LogP contribution in [0.15, 0.2) is 0 Å². The van der Waals surface area contributed by atoms with Crippen molar-refractivity contribution in [1.29, 1.82) is 0 Å². The molecule has 0 heterocycles. The Kier molecular flexibility index (Phi) is 8.15. The molecule has 0 spiro atoms. The molecule has 0 radical (unpaired) electrons. The molecule has 0 aromatic carbocycles. The molecule has 1 atom stereocenters. The summed E-state index contributed by atoms with van der Waals surface area (Å²) in [7, 11) is 3.37. The Morgan fingerprint density at radius 3 is 2.38 bits per heavy atom. The fourth-order valence-corrected chi connectivity index (χ4v) is 1.58. The molecule has 0 fully saturated rings. The second kappa shape index (κ2) is 8.50. The van der Waals surface area contributed by atoms with Crippen LogP contribution in [0.4, 0.5) is 0 Å². The van der Waals surface area contributed by atoms with Crippen molar-refractivity contribution >= 4 is 5.91 Å². The van der Waals surface area contributed by atoms with E-state index in [0.717, 1.165) is 13.1 Å². The lowest BCUT2D eigenvalue weighted by Gasteiger charge is -2.24. The molecular formula is C11H24N2O3. The number of nitrogens with zero attached hydrogens (tertiary/aromatic N) is 2. The number of aliphatic hydroxyl groups excluding tert-OH is 1. The highest BCUT2D eigenvalue weighted by Crippen LogP contribution is 1.94. The zero-order chi connectivity index (χ0) is 12.6. The Hall–Kier alpha value is -0.650. The Morgan fingerprint density at radius 2 is 1.94 bits per heavy atom. The lowest BCUT2D eigenvalue weighted by atomic mass is 10.3. The predicted molar refractivity (Wildman–Crippen MR) is 63.3 cm³/mol. The third-order valence-corrected chi connectivity index (χ3v) is 2.40. The Bertz CT molecular complexity index is 196. The van der Waals surface area contributed by atoms with Gasteiger partial charge in [-0.25, -0.2) is 0 Å². The fourth-order valence-electron chi connectivity index (χ4n) is 1.58. The number of ether oxygens (including phenoxy) is 1. The number of hydrogen-bond donors (Lipinski definition) is 1. The topological polar surface area (TPSA) is 53.0 Å². The van der Waals surface area contributed by atoms with Gasteiger partial charge in [0.2, 0.25) is 5.91 Å². The van der Waals surface area contributed by atoms with Crippen LogP contribution in [0.5, 0.6) is 0 Å². The van der Waals surface area contributed by atoms with E-state index in [2.05, 4.69) is 0 Å². The molecule has 0 bridgehead atoms. The van der Waals surface area contributed by atoms with Crippen LogP contribution in [0.2, 0.25) is 0 Å². The van der Waals surface area contributed by atoms with Crippen molar-refractivity contribution in [2.75, 3.05) is 46.9 Å². The molecule has 0 aliphatic rings. The lowest BCUT2D eigenvalue weighted by Crippen LogP contribution is -2.41. The molecule has 0 aliphatic heterocycles. The smallest absolute Gasteiger partial charge is 0.236 e. The summed E-state index contributed by atoms with van der Waals surface area (Å²) in [6.45, 7) is 6.45. The van der Waals surface area contributed by atoms with Crippen LogP contribution in [0.25, 0.3) is 0 Å². The van der Waals surface area contributed by atoms with Crippen LogP contribution in [-0.2, 0) is 9.53 Å². The summed E-state index contributed by atoms with van der Waals surface area (Å²) in [4.78, 5) is 15.3. The molecular weight excluding hydrogens is 208 g/mol. The molecule has 5 nitrogen and oxygen atoms in total. The van der Waals surface area contributed by atoms with E-state index in [1.165, 1.54) is 0 Å². The summed E-state index contributed by atoms with van der Waals surface area (Å²) in [5.74, 6) is 0.0946. The van der Waals surface area contributed by atoms with Crippen LogP contribution in [0.1, 0.15) is 13.8 Å². The molecule has 0 rings (SSSR count). The normalized spacial score (nSPS) is 12.9. The summed E-state index contributed by atoms with van der Waals surface area (Å²) in [5, 5.41) is 9.49. The van der Waals surface area contributed by atoms with Crippen LogP contribution >= 0.6 is 0 Å².